The second kappa shape index (κ2) is 5.93. The van der Waals surface area contributed by atoms with Gasteiger partial charge in [0, 0.05) is 24.5 Å². The van der Waals surface area contributed by atoms with Crippen molar-refractivity contribution in [2.45, 2.75) is 37.0 Å². The number of sulfone groups is 1. The zero-order chi connectivity index (χ0) is 16.6. The maximum atomic E-state index is 12.6. The summed E-state index contributed by atoms with van der Waals surface area (Å²) in [5.41, 5.74) is 0.643. The average molecular weight is 336 g/mol. The van der Waals surface area contributed by atoms with Crippen molar-refractivity contribution in [2.24, 2.45) is 0 Å². The summed E-state index contributed by atoms with van der Waals surface area (Å²) in [7, 11) is -3.52. The van der Waals surface area contributed by atoms with Crippen molar-refractivity contribution in [1.82, 2.24) is 20.0 Å². The van der Waals surface area contributed by atoms with Crippen LogP contribution in [0.25, 0.3) is 5.52 Å². The fourth-order valence-electron chi connectivity index (χ4n) is 2.96. The molecule has 7 nitrogen and oxygen atoms in total. The number of carbonyl (C=O) groups is 1. The lowest BCUT2D eigenvalue weighted by atomic mass is 10.0. The van der Waals surface area contributed by atoms with Gasteiger partial charge in [-0.15, -0.1) is 0 Å². The molecule has 2 aromatic rings. The maximum absolute atomic E-state index is 12.6. The zero-order valence-corrected chi connectivity index (χ0v) is 13.9. The quantitative estimate of drug-likeness (QED) is 0.857. The van der Waals surface area contributed by atoms with Gasteiger partial charge in [0.05, 0.1) is 5.52 Å². The summed E-state index contributed by atoms with van der Waals surface area (Å²) in [5, 5.41) is 6.19. The van der Waals surface area contributed by atoms with Crippen molar-refractivity contribution in [1.29, 1.82) is 0 Å². The number of hydrogen-bond acceptors (Lipinski definition) is 5. The van der Waals surface area contributed by atoms with Gasteiger partial charge in [0.2, 0.25) is 15.0 Å². The molecule has 1 aliphatic heterocycles. The Hall–Kier alpha value is -1.93. The third-order valence-corrected chi connectivity index (χ3v) is 4.97. The standard InChI is InChI=1S/C15H20N4O3S/c1-10-9-11(6-7-16-10)17-14(20)13-12-5-3-4-8-19(12)15(18-13)23(2,21)22/h3-5,8,10-11,16H,6-7,9H2,1-2H3,(H,17,20). The van der Waals surface area contributed by atoms with Crippen molar-refractivity contribution in [3.63, 3.8) is 0 Å². The van der Waals surface area contributed by atoms with Crippen LogP contribution < -0.4 is 10.6 Å². The van der Waals surface area contributed by atoms with Crippen molar-refractivity contribution in [2.75, 3.05) is 12.8 Å². The highest BCUT2D eigenvalue weighted by Gasteiger charge is 2.25. The second-order valence-corrected chi connectivity index (χ2v) is 7.93. The van der Waals surface area contributed by atoms with E-state index in [-0.39, 0.29) is 22.8 Å². The van der Waals surface area contributed by atoms with Crippen LogP contribution in [0.5, 0.6) is 0 Å². The van der Waals surface area contributed by atoms with Crippen LogP contribution in [0.4, 0.5) is 0 Å². The molecule has 23 heavy (non-hydrogen) atoms. The van der Waals surface area contributed by atoms with Crippen LogP contribution in [0.15, 0.2) is 29.6 Å². The summed E-state index contributed by atoms with van der Waals surface area (Å²) < 4.78 is 25.2. The van der Waals surface area contributed by atoms with Gasteiger partial charge in [0.25, 0.3) is 5.91 Å². The number of nitrogens with zero attached hydrogens (tertiary/aromatic N) is 2. The van der Waals surface area contributed by atoms with E-state index >= 15 is 0 Å². The highest BCUT2D eigenvalue weighted by Crippen LogP contribution is 2.18. The Labute approximate surface area is 135 Å². The van der Waals surface area contributed by atoms with Crippen molar-refractivity contribution in [3.05, 3.63) is 30.1 Å². The molecule has 1 saturated heterocycles. The maximum Gasteiger partial charge on any atom is 0.272 e. The van der Waals surface area contributed by atoms with E-state index in [1.807, 2.05) is 0 Å². The van der Waals surface area contributed by atoms with Crippen LogP contribution in [0, 0.1) is 0 Å². The van der Waals surface area contributed by atoms with Gasteiger partial charge < -0.3 is 10.6 Å². The number of imidazole rings is 1. The van der Waals surface area contributed by atoms with Crippen LogP contribution in [0.2, 0.25) is 0 Å². The number of aromatic nitrogens is 2. The van der Waals surface area contributed by atoms with E-state index < -0.39 is 9.84 Å². The molecule has 0 saturated carbocycles. The zero-order valence-electron chi connectivity index (χ0n) is 13.1. The summed E-state index contributed by atoms with van der Waals surface area (Å²) in [6.45, 7) is 2.93. The fraction of sp³-hybridized carbons (Fsp3) is 0.467. The Balaban J connectivity index is 1.95. The fourth-order valence-corrected chi connectivity index (χ4v) is 3.73. The number of fused-ring (bicyclic) bond motifs is 1. The summed E-state index contributed by atoms with van der Waals surface area (Å²) in [6.07, 6.45) is 4.38. The Kier molecular flexibility index (Phi) is 4.11. The van der Waals surface area contributed by atoms with Crippen molar-refractivity contribution in [3.8, 4) is 0 Å². The lowest BCUT2D eigenvalue weighted by Gasteiger charge is -2.28. The van der Waals surface area contributed by atoms with Crippen LogP contribution in [0.3, 0.4) is 0 Å². The van der Waals surface area contributed by atoms with Crippen LogP contribution >= 0.6 is 0 Å². The number of pyridine rings is 1. The molecule has 2 atom stereocenters. The van der Waals surface area contributed by atoms with Gasteiger partial charge in [-0.2, -0.15) is 0 Å². The summed E-state index contributed by atoms with van der Waals surface area (Å²) in [5.74, 6) is -0.331. The molecule has 0 radical (unpaired) electrons. The molecule has 3 heterocycles. The van der Waals surface area contributed by atoms with E-state index in [2.05, 4.69) is 22.5 Å². The number of amides is 1. The summed E-state index contributed by atoms with van der Waals surface area (Å²) in [6, 6.07) is 5.58. The third kappa shape index (κ3) is 3.23. The molecule has 0 bridgehead atoms. The SMILES string of the molecule is CC1CC(NC(=O)c2nc(S(C)(=O)=O)n3ccccc23)CCN1. The molecule has 2 N–H and O–H groups in total. The number of piperidine rings is 1. The Morgan fingerprint density at radius 2 is 2.22 bits per heavy atom. The van der Waals surface area contributed by atoms with E-state index in [0.29, 0.717) is 11.6 Å². The molecular weight excluding hydrogens is 316 g/mol. The van der Waals surface area contributed by atoms with E-state index in [1.54, 1.807) is 24.4 Å². The first-order valence-electron chi connectivity index (χ1n) is 7.57. The smallest absolute Gasteiger partial charge is 0.272 e. The van der Waals surface area contributed by atoms with Crippen molar-refractivity contribution < 1.29 is 13.2 Å². The number of hydrogen-bond donors (Lipinski definition) is 2. The van der Waals surface area contributed by atoms with E-state index in [9.17, 15) is 13.2 Å². The van der Waals surface area contributed by atoms with Gasteiger partial charge in [-0.05, 0) is 38.4 Å². The first-order valence-corrected chi connectivity index (χ1v) is 9.47. The molecule has 1 amide bonds. The predicted molar refractivity (Wildman–Crippen MR) is 86.3 cm³/mol. The van der Waals surface area contributed by atoms with Gasteiger partial charge in [-0.3, -0.25) is 9.20 Å². The van der Waals surface area contributed by atoms with Gasteiger partial charge in [0.15, 0.2) is 5.69 Å². The van der Waals surface area contributed by atoms with Gasteiger partial charge in [-0.25, -0.2) is 13.4 Å². The highest BCUT2D eigenvalue weighted by molar-refractivity contribution is 7.90. The number of carbonyl (C=O) groups excluding carboxylic acids is 1. The summed E-state index contributed by atoms with van der Waals surface area (Å²) in [4.78, 5) is 16.7. The molecule has 1 aliphatic rings. The van der Waals surface area contributed by atoms with E-state index in [1.165, 1.54) is 4.40 Å². The molecule has 2 aromatic heterocycles. The topological polar surface area (TPSA) is 92.6 Å². The predicted octanol–water partition coefficient (Wildman–Crippen LogP) is 0.608. The lowest BCUT2D eigenvalue weighted by molar-refractivity contribution is 0.0922. The Bertz CT molecular complexity index is 844. The lowest BCUT2D eigenvalue weighted by Crippen LogP contribution is -2.46. The highest BCUT2D eigenvalue weighted by atomic mass is 32.2. The first-order chi connectivity index (χ1) is 10.9. The monoisotopic (exact) mass is 336 g/mol. The molecule has 0 aliphatic carbocycles. The van der Waals surface area contributed by atoms with E-state index in [0.717, 1.165) is 25.6 Å². The van der Waals surface area contributed by atoms with Crippen molar-refractivity contribution >= 4 is 21.3 Å². The third-order valence-electron chi connectivity index (χ3n) is 4.02. The van der Waals surface area contributed by atoms with Gasteiger partial charge >= 0.3 is 0 Å². The number of rotatable bonds is 3. The molecule has 8 heteroatoms. The minimum Gasteiger partial charge on any atom is -0.348 e. The minimum atomic E-state index is -3.52. The van der Waals surface area contributed by atoms with E-state index in [4.69, 9.17) is 0 Å². The molecule has 3 rings (SSSR count). The van der Waals surface area contributed by atoms with Gasteiger partial charge in [0.1, 0.15) is 0 Å². The van der Waals surface area contributed by atoms with Crippen LogP contribution in [-0.4, -0.2) is 48.6 Å². The Morgan fingerprint density at radius 3 is 2.91 bits per heavy atom. The van der Waals surface area contributed by atoms with Crippen LogP contribution in [0.1, 0.15) is 30.3 Å². The largest absolute Gasteiger partial charge is 0.348 e. The second-order valence-electron chi connectivity index (χ2n) is 6.02. The molecule has 0 spiro atoms. The normalized spacial score (nSPS) is 22.2. The Morgan fingerprint density at radius 1 is 1.43 bits per heavy atom. The molecule has 2 unspecified atom stereocenters. The molecule has 124 valence electrons. The van der Waals surface area contributed by atoms with Gasteiger partial charge in [-0.1, -0.05) is 6.07 Å². The molecule has 1 fully saturated rings. The first kappa shape index (κ1) is 15.9. The summed E-state index contributed by atoms with van der Waals surface area (Å²) >= 11 is 0. The number of nitrogens with one attached hydrogen (secondary N) is 2. The van der Waals surface area contributed by atoms with Crippen LogP contribution in [-0.2, 0) is 9.84 Å². The minimum absolute atomic E-state index is 0.0703. The average Bonchev–Trinajstić information content (AvgIpc) is 2.87. The molecule has 0 aromatic carbocycles. The molecular formula is C15H20N4O3S.